The van der Waals surface area contributed by atoms with Crippen molar-refractivity contribution in [3.05, 3.63) is 59.7 Å². The molecule has 0 atom stereocenters. The van der Waals surface area contributed by atoms with Gasteiger partial charge in [0.25, 0.3) is 11.8 Å². The van der Waals surface area contributed by atoms with Gasteiger partial charge in [-0.1, -0.05) is 38.1 Å². The van der Waals surface area contributed by atoms with E-state index in [2.05, 4.69) is 13.8 Å². The highest BCUT2D eigenvalue weighted by atomic mass is 16.5. The van der Waals surface area contributed by atoms with E-state index in [0.29, 0.717) is 11.5 Å². The van der Waals surface area contributed by atoms with Crippen LogP contribution < -0.4 is 32.0 Å². The maximum atomic E-state index is 11.1. The van der Waals surface area contributed by atoms with Gasteiger partial charge in [-0.05, 0) is 35.4 Å². The number of hydrogen-bond acceptors (Lipinski definition) is 6. The summed E-state index contributed by atoms with van der Waals surface area (Å²) in [5, 5.41) is 0. The Hall–Kier alpha value is -3.10. The Bertz CT molecular complexity index is 708. The lowest BCUT2D eigenvalue weighted by atomic mass is 9.78. The minimum absolute atomic E-state index is 0.136. The van der Waals surface area contributed by atoms with Crippen LogP contribution in [0.4, 0.5) is 0 Å². The van der Waals surface area contributed by atoms with E-state index in [4.69, 9.17) is 21.2 Å². The molecule has 2 rings (SSSR count). The molecular formula is C19H24N4O4. The molecule has 6 N–H and O–H groups in total. The van der Waals surface area contributed by atoms with Crippen molar-refractivity contribution in [1.82, 2.24) is 10.9 Å². The average Bonchev–Trinajstić information content (AvgIpc) is 2.70. The number of hydrazine groups is 2. The first-order chi connectivity index (χ1) is 12.9. The number of carbonyl (C=O) groups excluding carboxylic acids is 2. The van der Waals surface area contributed by atoms with Gasteiger partial charge in [-0.3, -0.25) is 20.4 Å². The molecule has 27 heavy (non-hydrogen) atoms. The largest absolute Gasteiger partial charge is 0.484 e. The van der Waals surface area contributed by atoms with E-state index in [0.717, 1.165) is 11.1 Å². The van der Waals surface area contributed by atoms with Crippen molar-refractivity contribution >= 4 is 11.8 Å². The molecule has 0 bridgehead atoms. The summed E-state index contributed by atoms with van der Waals surface area (Å²) in [5.74, 6) is 10.4. The van der Waals surface area contributed by atoms with Gasteiger partial charge in [0.05, 0.1) is 0 Å². The summed E-state index contributed by atoms with van der Waals surface area (Å²) in [6.45, 7) is 3.93. The van der Waals surface area contributed by atoms with E-state index < -0.39 is 11.8 Å². The molecule has 0 saturated carbocycles. The summed E-state index contributed by atoms with van der Waals surface area (Å²) >= 11 is 0. The molecule has 2 aromatic carbocycles. The fourth-order valence-electron chi connectivity index (χ4n) is 2.48. The molecule has 0 unspecified atom stereocenters. The first kappa shape index (κ1) is 20.2. The number of rotatable bonds is 8. The lowest BCUT2D eigenvalue weighted by molar-refractivity contribution is -0.123. The first-order valence-electron chi connectivity index (χ1n) is 8.32. The Balaban J connectivity index is 2.06. The SMILES string of the molecule is CC(C)(c1ccc(OCC(=O)NN)cc1)c1ccc(OCC(=O)NN)cc1. The molecule has 8 nitrogen and oxygen atoms in total. The van der Waals surface area contributed by atoms with Crippen molar-refractivity contribution in [1.29, 1.82) is 0 Å². The molecule has 0 aliphatic carbocycles. The maximum Gasteiger partial charge on any atom is 0.271 e. The summed E-state index contributed by atoms with van der Waals surface area (Å²) in [6.07, 6.45) is 0. The third-order valence-corrected chi connectivity index (χ3v) is 4.21. The van der Waals surface area contributed by atoms with Crippen molar-refractivity contribution in [2.75, 3.05) is 13.2 Å². The van der Waals surface area contributed by atoms with Crippen LogP contribution in [0.3, 0.4) is 0 Å². The summed E-state index contributed by atoms with van der Waals surface area (Å²) < 4.78 is 10.7. The van der Waals surface area contributed by atoms with Crippen LogP contribution in [-0.2, 0) is 15.0 Å². The molecule has 0 aliphatic rings. The van der Waals surface area contributed by atoms with Gasteiger partial charge in [0, 0.05) is 5.41 Å². The molecule has 8 heteroatoms. The molecule has 144 valence electrons. The number of benzene rings is 2. The molecular weight excluding hydrogens is 348 g/mol. The molecule has 0 heterocycles. The molecule has 2 amide bonds. The van der Waals surface area contributed by atoms with Crippen LogP contribution >= 0.6 is 0 Å². The molecule has 2 aromatic rings. The van der Waals surface area contributed by atoms with Crippen LogP contribution in [-0.4, -0.2) is 25.0 Å². The Morgan fingerprint density at radius 2 is 1.11 bits per heavy atom. The van der Waals surface area contributed by atoms with Crippen LogP contribution in [0, 0.1) is 0 Å². The lowest BCUT2D eigenvalue weighted by Gasteiger charge is -2.26. The molecule has 0 aliphatic heterocycles. The zero-order chi connectivity index (χ0) is 19.9. The minimum Gasteiger partial charge on any atom is -0.484 e. The second-order valence-electron chi connectivity index (χ2n) is 6.39. The first-order valence-corrected chi connectivity index (χ1v) is 8.32. The predicted octanol–water partition coefficient (Wildman–Crippen LogP) is 0.750. The highest BCUT2D eigenvalue weighted by molar-refractivity contribution is 5.77. The maximum absolute atomic E-state index is 11.1. The van der Waals surface area contributed by atoms with Crippen molar-refractivity contribution < 1.29 is 19.1 Å². The summed E-state index contributed by atoms with van der Waals surface area (Å²) in [6, 6.07) is 15.0. The number of hydrogen-bond donors (Lipinski definition) is 4. The Labute approximate surface area is 157 Å². The van der Waals surface area contributed by atoms with Crippen molar-refractivity contribution in [2.24, 2.45) is 11.7 Å². The third kappa shape index (κ3) is 5.44. The summed E-state index contributed by atoms with van der Waals surface area (Å²) in [5.41, 5.74) is 5.92. The van der Waals surface area contributed by atoms with Gasteiger partial charge < -0.3 is 9.47 Å². The average molecular weight is 372 g/mol. The summed E-state index contributed by atoms with van der Waals surface area (Å²) in [4.78, 5) is 22.3. The predicted molar refractivity (Wildman–Crippen MR) is 101 cm³/mol. The quantitative estimate of drug-likeness (QED) is 0.307. The van der Waals surface area contributed by atoms with E-state index in [1.54, 1.807) is 0 Å². The monoisotopic (exact) mass is 372 g/mol. The number of carbonyl (C=O) groups is 2. The lowest BCUT2D eigenvalue weighted by Crippen LogP contribution is -2.34. The summed E-state index contributed by atoms with van der Waals surface area (Å²) in [7, 11) is 0. The van der Waals surface area contributed by atoms with E-state index in [1.165, 1.54) is 0 Å². The van der Waals surface area contributed by atoms with Gasteiger partial charge in [-0.15, -0.1) is 0 Å². The van der Waals surface area contributed by atoms with Crippen molar-refractivity contribution in [2.45, 2.75) is 19.3 Å². The van der Waals surface area contributed by atoms with Crippen LogP contribution in [0.1, 0.15) is 25.0 Å². The molecule has 0 saturated heterocycles. The molecule has 0 radical (unpaired) electrons. The van der Waals surface area contributed by atoms with Crippen molar-refractivity contribution in [3.8, 4) is 11.5 Å². The van der Waals surface area contributed by atoms with Crippen LogP contribution in [0.25, 0.3) is 0 Å². The van der Waals surface area contributed by atoms with Gasteiger partial charge in [-0.2, -0.15) is 0 Å². The molecule has 0 aromatic heterocycles. The molecule has 0 fully saturated rings. The van der Waals surface area contributed by atoms with Gasteiger partial charge in [0.1, 0.15) is 11.5 Å². The Morgan fingerprint density at radius 3 is 1.41 bits per heavy atom. The standard InChI is InChI=1S/C19H24N4O4/c1-19(2,13-3-7-15(8-4-13)26-11-17(24)22-20)14-5-9-16(10-6-14)27-12-18(25)23-21/h3-10H,11-12,20-21H2,1-2H3,(H,22,24)(H,23,25). The van der Waals surface area contributed by atoms with Gasteiger partial charge >= 0.3 is 0 Å². The van der Waals surface area contributed by atoms with Crippen LogP contribution in [0.15, 0.2) is 48.5 Å². The van der Waals surface area contributed by atoms with E-state index in [-0.39, 0.29) is 18.6 Å². The normalized spacial score (nSPS) is 10.8. The zero-order valence-electron chi connectivity index (χ0n) is 15.3. The highest BCUT2D eigenvalue weighted by Gasteiger charge is 2.23. The van der Waals surface area contributed by atoms with Gasteiger partial charge in [0.2, 0.25) is 0 Å². The number of amides is 2. The second-order valence-corrected chi connectivity index (χ2v) is 6.39. The van der Waals surface area contributed by atoms with Crippen molar-refractivity contribution in [3.63, 3.8) is 0 Å². The van der Waals surface area contributed by atoms with Gasteiger partial charge in [-0.25, -0.2) is 11.7 Å². The van der Waals surface area contributed by atoms with E-state index in [9.17, 15) is 9.59 Å². The zero-order valence-corrected chi connectivity index (χ0v) is 15.3. The fourth-order valence-corrected chi connectivity index (χ4v) is 2.48. The van der Waals surface area contributed by atoms with Crippen LogP contribution in [0.5, 0.6) is 11.5 Å². The van der Waals surface area contributed by atoms with E-state index >= 15 is 0 Å². The number of ether oxygens (including phenoxy) is 2. The van der Waals surface area contributed by atoms with E-state index in [1.807, 2.05) is 59.4 Å². The Morgan fingerprint density at radius 1 is 0.778 bits per heavy atom. The number of nitrogens with one attached hydrogen (secondary N) is 2. The topological polar surface area (TPSA) is 129 Å². The second kappa shape index (κ2) is 9.02. The smallest absolute Gasteiger partial charge is 0.271 e. The third-order valence-electron chi connectivity index (χ3n) is 4.21. The molecule has 0 spiro atoms. The number of nitrogens with two attached hydrogens (primary N) is 2. The fraction of sp³-hybridized carbons (Fsp3) is 0.263. The minimum atomic E-state index is -0.398. The highest BCUT2D eigenvalue weighted by Crippen LogP contribution is 2.33. The Kier molecular flexibility index (Phi) is 6.75. The van der Waals surface area contributed by atoms with Gasteiger partial charge in [0.15, 0.2) is 13.2 Å². The van der Waals surface area contributed by atoms with Crippen LogP contribution in [0.2, 0.25) is 0 Å².